The zero-order valence-corrected chi connectivity index (χ0v) is 6.50. The molecule has 0 aromatic heterocycles. The highest BCUT2D eigenvalue weighted by atomic mass is 19.1. The van der Waals surface area contributed by atoms with Crippen molar-refractivity contribution in [2.75, 3.05) is 5.73 Å². The van der Waals surface area contributed by atoms with E-state index >= 15 is 0 Å². The van der Waals surface area contributed by atoms with Gasteiger partial charge in [-0.25, -0.2) is 4.39 Å². The molecule has 2 nitrogen and oxygen atoms in total. The molecule has 0 fully saturated rings. The lowest BCUT2D eigenvalue weighted by Gasteiger charge is -2.05. The Kier molecular flexibility index (Phi) is 1.54. The minimum atomic E-state index is -1.17. The average molecular weight is 167 g/mol. The van der Waals surface area contributed by atoms with Crippen LogP contribution in [0.2, 0.25) is 0 Å². The molecule has 3 heteroatoms. The standard InChI is InChI=1S/C9H10FNO/c10-8-3-5-1-2-6(11)4-7(5)9(8)12/h1-2,4,8-9,12H,3,11H2. The van der Waals surface area contributed by atoms with Gasteiger partial charge in [-0.1, -0.05) is 6.07 Å². The van der Waals surface area contributed by atoms with Crippen molar-refractivity contribution in [1.82, 2.24) is 0 Å². The molecular formula is C9H10FNO. The number of halogens is 1. The summed E-state index contributed by atoms with van der Waals surface area (Å²) >= 11 is 0. The first kappa shape index (κ1) is 7.55. The molecule has 2 unspecified atom stereocenters. The van der Waals surface area contributed by atoms with Gasteiger partial charge in [0.2, 0.25) is 0 Å². The Morgan fingerprint density at radius 2 is 2.25 bits per heavy atom. The van der Waals surface area contributed by atoms with E-state index in [2.05, 4.69) is 0 Å². The van der Waals surface area contributed by atoms with E-state index in [0.717, 1.165) is 5.56 Å². The first-order chi connectivity index (χ1) is 5.68. The topological polar surface area (TPSA) is 46.2 Å². The highest BCUT2D eigenvalue weighted by molar-refractivity contribution is 5.48. The minimum absolute atomic E-state index is 0.302. The molecule has 1 aromatic rings. The van der Waals surface area contributed by atoms with Crippen molar-refractivity contribution in [2.24, 2.45) is 0 Å². The van der Waals surface area contributed by atoms with Crippen LogP contribution in [0.25, 0.3) is 0 Å². The van der Waals surface area contributed by atoms with E-state index in [1.165, 1.54) is 0 Å². The van der Waals surface area contributed by atoms with Crippen LogP contribution in [0.1, 0.15) is 17.2 Å². The number of rotatable bonds is 0. The molecule has 0 spiro atoms. The Bertz CT molecular complexity index is 313. The number of nitrogen functional groups attached to an aromatic ring is 1. The molecule has 0 heterocycles. The third-order valence-electron chi connectivity index (χ3n) is 2.25. The zero-order chi connectivity index (χ0) is 8.72. The lowest BCUT2D eigenvalue weighted by molar-refractivity contribution is 0.0926. The van der Waals surface area contributed by atoms with Gasteiger partial charge in [-0.3, -0.25) is 0 Å². The number of aliphatic hydroxyl groups excluding tert-OH is 1. The van der Waals surface area contributed by atoms with Gasteiger partial charge in [0.1, 0.15) is 12.3 Å². The molecule has 0 saturated carbocycles. The third kappa shape index (κ3) is 0.975. The molecule has 2 atom stereocenters. The summed E-state index contributed by atoms with van der Waals surface area (Å²) < 4.78 is 13.0. The van der Waals surface area contributed by atoms with E-state index in [1.54, 1.807) is 18.2 Å². The van der Waals surface area contributed by atoms with Crippen molar-refractivity contribution in [1.29, 1.82) is 0 Å². The first-order valence-electron chi connectivity index (χ1n) is 3.89. The average Bonchev–Trinajstić information content (AvgIpc) is 2.31. The van der Waals surface area contributed by atoms with Crippen molar-refractivity contribution >= 4 is 5.69 Å². The first-order valence-corrected chi connectivity index (χ1v) is 3.89. The molecular weight excluding hydrogens is 157 g/mol. The van der Waals surface area contributed by atoms with Gasteiger partial charge in [0.25, 0.3) is 0 Å². The lowest BCUT2D eigenvalue weighted by atomic mass is 10.1. The molecule has 1 aliphatic rings. The number of benzene rings is 1. The van der Waals surface area contributed by atoms with Crippen LogP contribution in [0.15, 0.2) is 18.2 Å². The minimum Gasteiger partial charge on any atom is -0.399 e. The Morgan fingerprint density at radius 1 is 1.50 bits per heavy atom. The number of anilines is 1. The van der Waals surface area contributed by atoms with Crippen molar-refractivity contribution in [3.8, 4) is 0 Å². The normalized spacial score (nSPS) is 27.2. The smallest absolute Gasteiger partial charge is 0.134 e. The maximum atomic E-state index is 13.0. The molecule has 0 amide bonds. The fraction of sp³-hybridized carbons (Fsp3) is 0.333. The van der Waals surface area contributed by atoms with Crippen molar-refractivity contribution in [3.05, 3.63) is 29.3 Å². The van der Waals surface area contributed by atoms with E-state index in [4.69, 9.17) is 5.73 Å². The summed E-state index contributed by atoms with van der Waals surface area (Å²) in [7, 11) is 0. The largest absolute Gasteiger partial charge is 0.399 e. The van der Waals surface area contributed by atoms with Crippen molar-refractivity contribution in [3.63, 3.8) is 0 Å². The predicted molar refractivity (Wildman–Crippen MR) is 44.4 cm³/mol. The van der Waals surface area contributed by atoms with E-state index in [0.29, 0.717) is 17.7 Å². The van der Waals surface area contributed by atoms with E-state index < -0.39 is 12.3 Å². The Morgan fingerprint density at radius 3 is 3.00 bits per heavy atom. The van der Waals surface area contributed by atoms with Crippen molar-refractivity contribution < 1.29 is 9.50 Å². The van der Waals surface area contributed by atoms with Gasteiger partial charge in [0.15, 0.2) is 0 Å². The molecule has 0 saturated heterocycles. The van der Waals surface area contributed by atoms with Gasteiger partial charge in [0.05, 0.1) is 0 Å². The summed E-state index contributed by atoms with van der Waals surface area (Å²) in [6.45, 7) is 0. The summed E-state index contributed by atoms with van der Waals surface area (Å²) in [5.74, 6) is 0. The number of alkyl halides is 1. The second kappa shape index (κ2) is 2.45. The van der Waals surface area contributed by atoms with Gasteiger partial charge in [-0.05, 0) is 23.3 Å². The monoisotopic (exact) mass is 167 g/mol. The van der Waals surface area contributed by atoms with Crippen LogP contribution in [-0.4, -0.2) is 11.3 Å². The predicted octanol–water partition coefficient (Wildman–Crippen LogP) is 1.20. The highest BCUT2D eigenvalue weighted by Crippen LogP contribution is 2.34. The van der Waals surface area contributed by atoms with E-state index in [9.17, 15) is 9.50 Å². The maximum Gasteiger partial charge on any atom is 0.134 e. The Hall–Kier alpha value is -1.09. The number of hydrogen-bond acceptors (Lipinski definition) is 2. The van der Waals surface area contributed by atoms with Gasteiger partial charge in [0, 0.05) is 12.1 Å². The SMILES string of the molecule is Nc1ccc2c(c1)C(O)C(F)C2. The molecule has 3 N–H and O–H groups in total. The number of aliphatic hydroxyl groups is 1. The van der Waals surface area contributed by atoms with Gasteiger partial charge < -0.3 is 10.8 Å². The fourth-order valence-electron chi connectivity index (χ4n) is 1.59. The van der Waals surface area contributed by atoms with Gasteiger partial charge in [-0.2, -0.15) is 0 Å². The summed E-state index contributed by atoms with van der Waals surface area (Å²) in [5, 5.41) is 9.34. The molecule has 0 radical (unpaired) electrons. The molecule has 1 aromatic carbocycles. The van der Waals surface area contributed by atoms with Crippen LogP contribution in [0.3, 0.4) is 0 Å². The molecule has 2 rings (SSSR count). The number of nitrogens with two attached hydrogens (primary N) is 1. The molecule has 12 heavy (non-hydrogen) atoms. The molecule has 1 aliphatic carbocycles. The van der Waals surface area contributed by atoms with Crippen LogP contribution in [-0.2, 0) is 6.42 Å². The van der Waals surface area contributed by atoms with Crippen LogP contribution in [0.5, 0.6) is 0 Å². The number of fused-ring (bicyclic) bond motifs is 1. The summed E-state index contributed by atoms with van der Waals surface area (Å²) in [4.78, 5) is 0. The maximum absolute atomic E-state index is 13.0. The quantitative estimate of drug-likeness (QED) is 0.570. The summed E-state index contributed by atoms with van der Waals surface area (Å²) in [6.07, 6.45) is -1.85. The van der Waals surface area contributed by atoms with Crippen LogP contribution in [0.4, 0.5) is 10.1 Å². The van der Waals surface area contributed by atoms with Gasteiger partial charge >= 0.3 is 0 Å². The van der Waals surface area contributed by atoms with E-state index in [-0.39, 0.29) is 0 Å². The second-order valence-electron chi connectivity index (χ2n) is 3.12. The lowest BCUT2D eigenvalue weighted by Crippen LogP contribution is -2.06. The van der Waals surface area contributed by atoms with Crippen LogP contribution >= 0.6 is 0 Å². The molecule has 0 bridgehead atoms. The Balaban J connectivity index is 2.48. The summed E-state index contributed by atoms with van der Waals surface area (Å²) in [5.41, 5.74) is 7.58. The van der Waals surface area contributed by atoms with Crippen LogP contribution in [0, 0.1) is 0 Å². The number of hydrogen-bond donors (Lipinski definition) is 2. The second-order valence-corrected chi connectivity index (χ2v) is 3.12. The molecule has 64 valence electrons. The van der Waals surface area contributed by atoms with E-state index in [1.807, 2.05) is 0 Å². The zero-order valence-electron chi connectivity index (χ0n) is 6.50. The third-order valence-corrected chi connectivity index (χ3v) is 2.25. The van der Waals surface area contributed by atoms with Gasteiger partial charge in [-0.15, -0.1) is 0 Å². The van der Waals surface area contributed by atoms with Crippen molar-refractivity contribution in [2.45, 2.75) is 18.7 Å². The fourth-order valence-corrected chi connectivity index (χ4v) is 1.59. The Labute approximate surface area is 69.8 Å². The summed E-state index contributed by atoms with van der Waals surface area (Å²) in [6, 6.07) is 5.14. The molecule has 0 aliphatic heterocycles. The van der Waals surface area contributed by atoms with Crippen LogP contribution < -0.4 is 5.73 Å². The highest BCUT2D eigenvalue weighted by Gasteiger charge is 2.30.